The number of alkyl halides is 3. The van der Waals surface area contributed by atoms with Gasteiger partial charge in [-0.05, 0) is 40.5 Å². The van der Waals surface area contributed by atoms with Gasteiger partial charge < -0.3 is 10.2 Å². The standard InChI is InChI=1S/C12H11BrF3N3O/c1-2-9(17)11-19-18-10(20-11)7-5-6(12(14,15)16)3-4-8(7)13/h3-5,9H,2,17H2,1H3. The van der Waals surface area contributed by atoms with Crippen molar-refractivity contribution in [2.45, 2.75) is 25.6 Å². The number of aromatic nitrogens is 2. The van der Waals surface area contributed by atoms with Crippen LogP contribution >= 0.6 is 15.9 Å². The normalized spacial score (nSPS) is 13.5. The molecule has 0 radical (unpaired) electrons. The van der Waals surface area contributed by atoms with Crippen molar-refractivity contribution in [3.8, 4) is 11.5 Å². The van der Waals surface area contributed by atoms with Gasteiger partial charge in [-0.2, -0.15) is 13.2 Å². The molecule has 0 saturated carbocycles. The summed E-state index contributed by atoms with van der Waals surface area (Å²) in [6.07, 6.45) is -3.84. The van der Waals surface area contributed by atoms with E-state index in [4.69, 9.17) is 10.2 Å². The van der Waals surface area contributed by atoms with Crippen LogP contribution in [0.4, 0.5) is 13.2 Å². The molecule has 20 heavy (non-hydrogen) atoms. The zero-order valence-corrected chi connectivity index (χ0v) is 12.0. The maximum atomic E-state index is 12.7. The molecule has 0 bridgehead atoms. The Morgan fingerprint density at radius 1 is 1.35 bits per heavy atom. The smallest absolute Gasteiger partial charge is 0.416 e. The van der Waals surface area contributed by atoms with E-state index in [0.717, 1.165) is 12.1 Å². The molecule has 0 spiro atoms. The maximum Gasteiger partial charge on any atom is 0.416 e. The quantitative estimate of drug-likeness (QED) is 0.911. The number of hydrogen-bond donors (Lipinski definition) is 1. The van der Waals surface area contributed by atoms with Crippen molar-refractivity contribution in [2.24, 2.45) is 5.73 Å². The van der Waals surface area contributed by atoms with Gasteiger partial charge in [-0.1, -0.05) is 6.92 Å². The fourth-order valence-corrected chi connectivity index (χ4v) is 1.95. The van der Waals surface area contributed by atoms with Gasteiger partial charge >= 0.3 is 6.18 Å². The highest BCUT2D eigenvalue weighted by Gasteiger charge is 2.31. The van der Waals surface area contributed by atoms with Crippen molar-refractivity contribution in [1.29, 1.82) is 0 Å². The minimum atomic E-state index is -4.43. The molecule has 0 fully saturated rings. The van der Waals surface area contributed by atoms with Gasteiger partial charge in [0.25, 0.3) is 0 Å². The van der Waals surface area contributed by atoms with Crippen molar-refractivity contribution < 1.29 is 17.6 Å². The van der Waals surface area contributed by atoms with Crippen LogP contribution in [0.5, 0.6) is 0 Å². The lowest BCUT2D eigenvalue weighted by atomic mass is 10.1. The van der Waals surface area contributed by atoms with Gasteiger partial charge in [-0.3, -0.25) is 0 Å². The van der Waals surface area contributed by atoms with Crippen LogP contribution in [0.25, 0.3) is 11.5 Å². The number of rotatable bonds is 3. The van der Waals surface area contributed by atoms with Crippen LogP contribution in [-0.2, 0) is 6.18 Å². The van der Waals surface area contributed by atoms with E-state index in [1.807, 2.05) is 6.92 Å². The van der Waals surface area contributed by atoms with Crippen molar-refractivity contribution in [2.75, 3.05) is 0 Å². The Balaban J connectivity index is 2.44. The molecule has 2 N–H and O–H groups in total. The van der Waals surface area contributed by atoms with E-state index in [1.165, 1.54) is 6.07 Å². The predicted octanol–water partition coefficient (Wildman–Crippen LogP) is 3.93. The maximum absolute atomic E-state index is 12.7. The summed E-state index contributed by atoms with van der Waals surface area (Å²) in [5.74, 6) is 0.202. The van der Waals surface area contributed by atoms with Crippen molar-refractivity contribution in [3.05, 3.63) is 34.1 Å². The second-order valence-electron chi connectivity index (χ2n) is 4.15. The number of nitrogens with two attached hydrogens (primary N) is 1. The van der Waals surface area contributed by atoms with Gasteiger partial charge in [-0.15, -0.1) is 10.2 Å². The van der Waals surface area contributed by atoms with E-state index in [1.54, 1.807) is 0 Å². The lowest BCUT2D eigenvalue weighted by molar-refractivity contribution is -0.137. The monoisotopic (exact) mass is 349 g/mol. The van der Waals surface area contributed by atoms with E-state index in [-0.39, 0.29) is 17.3 Å². The second-order valence-corrected chi connectivity index (χ2v) is 5.01. The van der Waals surface area contributed by atoms with Crippen LogP contribution in [-0.4, -0.2) is 10.2 Å². The Labute approximate surface area is 121 Å². The molecule has 1 atom stereocenters. The minimum Gasteiger partial charge on any atom is -0.419 e. The van der Waals surface area contributed by atoms with Crippen LogP contribution < -0.4 is 5.73 Å². The average Bonchev–Trinajstić information content (AvgIpc) is 2.86. The molecule has 4 nitrogen and oxygen atoms in total. The third-order valence-electron chi connectivity index (χ3n) is 2.72. The number of benzene rings is 1. The zero-order valence-electron chi connectivity index (χ0n) is 10.4. The van der Waals surface area contributed by atoms with Crippen LogP contribution in [0.3, 0.4) is 0 Å². The molecule has 1 aromatic carbocycles. The first kappa shape index (κ1) is 15.0. The predicted molar refractivity (Wildman–Crippen MR) is 69.7 cm³/mol. The molecular weight excluding hydrogens is 339 g/mol. The first-order valence-electron chi connectivity index (χ1n) is 5.79. The number of halogens is 4. The summed E-state index contributed by atoms with van der Waals surface area (Å²) in [4.78, 5) is 0. The van der Waals surface area contributed by atoms with Gasteiger partial charge in [-0.25, -0.2) is 0 Å². The first-order chi connectivity index (χ1) is 9.32. The molecule has 0 aliphatic rings. The van der Waals surface area contributed by atoms with E-state index < -0.39 is 17.8 Å². The zero-order chi connectivity index (χ0) is 14.9. The summed E-state index contributed by atoms with van der Waals surface area (Å²) in [5, 5.41) is 7.50. The molecule has 8 heteroatoms. The molecule has 0 aliphatic heterocycles. The van der Waals surface area contributed by atoms with Crippen LogP contribution in [0.1, 0.15) is 30.8 Å². The van der Waals surface area contributed by atoms with Crippen LogP contribution in [0.15, 0.2) is 27.1 Å². The van der Waals surface area contributed by atoms with Gasteiger partial charge in [0.15, 0.2) is 0 Å². The molecule has 0 aliphatic carbocycles. The Hall–Kier alpha value is -1.41. The Morgan fingerprint density at radius 2 is 2.05 bits per heavy atom. The first-order valence-corrected chi connectivity index (χ1v) is 6.58. The molecule has 1 heterocycles. The summed E-state index contributed by atoms with van der Waals surface area (Å²) >= 11 is 3.17. The molecule has 0 saturated heterocycles. The van der Waals surface area contributed by atoms with E-state index in [0.29, 0.717) is 10.9 Å². The summed E-state index contributed by atoms with van der Waals surface area (Å²) in [6.45, 7) is 1.84. The fourth-order valence-electron chi connectivity index (χ4n) is 1.53. The molecule has 1 aromatic heterocycles. The van der Waals surface area contributed by atoms with Gasteiger partial charge in [0.2, 0.25) is 11.8 Å². The third-order valence-corrected chi connectivity index (χ3v) is 3.41. The largest absolute Gasteiger partial charge is 0.419 e. The highest BCUT2D eigenvalue weighted by atomic mass is 79.9. The highest BCUT2D eigenvalue weighted by Crippen LogP contribution is 2.35. The van der Waals surface area contributed by atoms with E-state index in [2.05, 4.69) is 26.1 Å². The molecule has 1 unspecified atom stereocenters. The molecule has 0 amide bonds. The number of nitrogens with zero attached hydrogens (tertiary/aromatic N) is 2. The van der Waals surface area contributed by atoms with Gasteiger partial charge in [0.1, 0.15) is 0 Å². The van der Waals surface area contributed by atoms with Crippen LogP contribution in [0, 0.1) is 0 Å². The molecular formula is C12H11BrF3N3O. The Bertz CT molecular complexity index is 612. The number of hydrogen-bond acceptors (Lipinski definition) is 4. The van der Waals surface area contributed by atoms with Gasteiger partial charge in [0.05, 0.1) is 17.2 Å². The average molecular weight is 350 g/mol. The SMILES string of the molecule is CCC(N)c1nnc(-c2cc(C(F)(F)F)ccc2Br)o1. The summed E-state index contributed by atoms with van der Waals surface area (Å²) in [7, 11) is 0. The van der Waals surface area contributed by atoms with Crippen molar-refractivity contribution >= 4 is 15.9 Å². The Kier molecular flexibility index (Phi) is 4.14. The minimum absolute atomic E-state index is 0.00174. The summed E-state index contributed by atoms with van der Waals surface area (Å²) in [5.41, 5.74) is 5.14. The summed E-state index contributed by atoms with van der Waals surface area (Å²) < 4.78 is 43.9. The van der Waals surface area contributed by atoms with Crippen molar-refractivity contribution in [1.82, 2.24) is 10.2 Å². The molecule has 2 rings (SSSR count). The lowest BCUT2D eigenvalue weighted by Gasteiger charge is -2.08. The molecule has 108 valence electrons. The fraction of sp³-hybridized carbons (Fsp3) is 0.333. The molecule has 2 aromatic rings. The van der Waals surface area contributed by atoms with Gasteiger partial charge in [0, 0.05) is 4.47 Å². The highest BCUT2D eigenvalue weighted by molar-refractivity contribution is 9.10. The topological polar surface area (TPSA) is 64.9 Å². The van der Waals surface area contributed by atoms with E-state index in [9.17, 15) is 13.2 Å². The Morgan fingerprint density at radius 3 is 2.65 bits per heavy atom. The lowest BCUT2D eigenvalue weighted by Crippen LogP contribution is -2.08. The second kappa shape index (κ2) is 5.53. The van der Waals surface area contributed by atoms with E-state index >= 15 is 0 Å². The third kappa shape index (κ3) is 3.01. The van der Waals surface area contributed by atoms with Crippen LogP contribution in [0.2, 0.25) is 0 Å². The summed E-state index contributed by atoms with van der Waals surface area (Å²) in [6, 6.07) is 2.80. The van der Waals surface area contributed by atoms with Crippen molar-refractivity contribution in [3.63, 3.8) is 0 Å².